The zero-order valence-corrected chi connectivity index (χ0v) is 14.5. The predicted octanol–water partition coefficient (Wildman–Crippen LogP) is 4.41. The summed E-state index contributed by atoms with van der Waals surface area (Å²) in [5.41, 5.74) is 6.28. The zero-order valence-electron chi connectivity index (χ0n) is 12.1. The van der Waals surface area contributed by atoms with Crippen LogP contribution in [0, 0.1) is 5.92 Å². The minimum Gasteiger partial charge on any atom is -0.326 e. The summed E-state index contributed by atoms with van der Waals surface area (Å²) >= 11 is 5.37. The van der Waals surface area contributed by atoms with Gasteiger partial charge in [-0.05, 0) is 54.7 Å². The van der Waals surface area contributed by atoms with Gasteiger partial charge in [0.15, 0.2) is 0 Å². The fourth-order valence-corrected chi connectivity index (χ4v) is 5.13. The summed E-state index contributed by atoms with van der Waals surface area (Å²) in [5, 5.41) is 2.16. The first-order chi connectivity index (χ1) is 9.00. The summed E-state index contributed by atoms with van der Waals surface area (Å²) in [6.07, 6.45) is 5.42. The molecule has 0 aromatic carbocycles. The van der Waals surface area contributed by atoms with Crippen LogP contribution in [0.15, 0.2) is 15.9 Å². The largest absolute Gasteiger partial charge is 0.326 e. The van der Waals surface area contributed by atoms with Gasteiger partial charge in [0, 0.05) is 26.8 Å². The van der Waals surface area contributed by atoms with Gasteiger partial charge in [0.1, 0.15) is 0 Å². The van der Waals surface area contributed by atoms with Gasteiger partial charge in [-0.1, -0.05) is 19.8 Å². The molecule has 4 unspecified atom stereocenters. The third kappa shape index (κ3) is 3.60. The number of nitrogens with zero attached hydrogens (tertiary/aromatic N) is 1. The Hall–Kier alpha value is 0.1000. The number of thiophene rings is 1. The summed E-state index contributed by atoms with van der Waals surface area (Å²) in [4.78, 5) is 3.91. The molecule has 19 heavy (non-hydrogen) atoms. The molecule has 1 aliphatic carbocycles. The van der Waals surface area contributed by atoms with Crippen molar-refractivity contribution in [2.24, 2.45) is 11.7 Å². The van der Waals surface area contributed by atoms with Crippen molar-refractivity contribution >= 4 is 27.3 Å². The Balaban J connectivity index is 2.18. The maximum absolute atomic E-state index is 6.28. The third-order valence-corrected chi connectivity index (χ3v) is 6.17. The topological polar surface area (TPSA) is 29.3 Å². The molecular weight excluding hydrogens is 320 g/mol. The molecule has 1 aromatic rings. The Bertz CT molecular complexity index is 405. The van der Waals surface area contributed by atoms with Crippen LogP contribution in [-0.4, -0.2) is 24.0 Å². The summed E-state index contributed by atoms with van der Waals surface area (Å²) in [5.74, 6) is 0.781. The molecule has 0 radical (unpaired) electrons. The quantitative estimate of drug-likeness (QED) is 0.876. The molecule has 2 nitrogen and oxygen atoms in total. The molecule has 2 rings (SSSR count). The summed E-state index contributed by atoms with van der Waals surface area (Å²) in [6, 6.07) is 3.39. The average Bonchev–Trinajstić information content (AvgIpc) is 2.75. The van der Waals surface area contributed by atoms with Crippen LogP contribution in [0.5, 0.6) is 0 Å². The van der Waals surface area contributed by atoms with Crippen molar-refractivity contribution in [3.8, 4) is 0 Å². The van der Waals surface area contributed by atoms with Crippen molar-refractivity contribution in [2.75, 3.05) is 7.05 Å². The van der Waals surface area contributed by atoms with Crippen LogP contribution in [0.2, 0.25) is 0 Å². The van der Waals surface area contributed by atoms with Gasteiger partial charge in [0.25, 0.3) is 0 Å². The van der Waals surface area contributed by atoms with Crippen molar-refractivity contribution in [3.05, 3.63) is 20.8 Å². The van der Waals surface area contributed by atoms with Gasteiger partial charge in [-0.25, -0.2) is 0 Å². The first-order valence-corrected chi connectivity index (χ1v) is 8.89. The van der Waals surface area contributed by atoms with Gasteiger partial charge in [0.05, 0.1) is 6.04 Å². The molecule has 1 saturated carbocycles. The van der Waals surface area contributed by atoms with E-state index in [4.69, 9.17) is 5.73 Å². The first-order valence-electron chi connectivity index (χ1n) is 7.22. The van der Waals surface area contributed by atoms with E-state index in [0.29, 0.717) is 12.1 Å². The Kier molecular flexibility index (Phi) is 5.46. The Morgan fingerprint density at radius 3 is 2.63 bits per heavy atom. The molecule has 1 fully saturated rings. The highest BCUT2D eigenvalue weighted by Gasteiger charge is 2.32. The lowest BCUT2D eigenvalue weighted by Gasteiger charge is -2.42. The number of hydrogen-bond donors (Lipinski definition) is 1. The maximum atomic E-state index is 6.28. The van der Waals surface area contributed by atoms with Crippen LogP contribution >= 0.6 is 27.3 Å². The molecule has 0 amide bonds. The number of likely N-dealkylation sites (N-methyl/N-ethyl adjacent to an activating group) is 1. The highest BCUT2D eigenvalue weighted by molar-refractivity contribution is 9.10. The minimum atomic E-state index is 0.157. The van der Waals surface area contributed by atoms with E-state index < -0.39 is 0 Å². The second-order valence-corrected chi connectivity index (χ2v) is 7.82. The van der Waals surface area contributed by atoms with Crippen LogP contribution < -0.4 is 5.73 Å². The molecule has 0 bridgehead atoms. The van der Waals surface area contributed by atoms with Gasteiger partial charge < -0.3 is 5.73 Å². The van der Waals surface area contributed by atoms with E-state index in [1.807, 2.05) is 11.3 Å². The van der Waals surface area contributed by atoms with Gasteiger partial charge >= 0.3 is 0 Å². The van der Waals surface area contributed by atoms with Gasteiger partial charge in [-0.15, -0.1) is 11.3 Å². The van der Waals surface area contributed by atoms with Crippen LogP contribution in [0.4, 0.5) is 0 Å². The minimum absolute atomic E-state index is 0.157. The Morgan fingerprint density at radius 2 is 2.11 bits per heavy atom. The monoisotopic (exact) mass is 344 g/mol. The molecule has 108 valence electrons. The first kappa shape index (κ1) is 15.5. The maximum Gasteiger partial charge on any atom is 0.0591 e. The van der Waals surface area contributed by atoms with Crippen molar-refractivity contribution in [2.45, 2.75) is 57.7 Å². The van der Waals surface area contributed by atoms with E-state index in [2.05, 4.69) is 53.2 Å². The average molecular weight is 345 g/mol. The zero-order chi connectivity index (χ0) is 14.0. The fraction of sp³-hybridized carbons (Fsp3) is 0.733. The fourth-order valence-electron chi connectivity index (χ4n) is 3.42. The lowest BCUT2D eigenvalue weighted by molar-refractivity contribution is 0.0875. The molecule has 4 heteroatoms. The van der Waals surface area contributed by atoms with E-state index in [9.17, 15) is 0 Å². The molecule has 0 aliphatic heterocycles. The predicted molar refractivity (Wildman–Crippen MR) is 87.6 cm³/mol. The van der Waals surface area contributed by atoms with E-state index in [1.54, 1.807) is 0 Å². The number of hydrogen-bond acceptors (Lipinski definition) is 3. The SMILES string of the molecule is CC(N)C(c1cc(Br)cs1)N(C)C1CCCCC1C. The normalized spacial score (nSPS) is 27.5. The number of rotatable bonds is 4. The van der Waals surface area contributed by atoms with Gasteiger partial charge in [0.2, 0.25) is 0 Å². The van der Waals surface area contributed by atoms with E-state index in [0.717, 1.165) is 5.92 Å². The van der Waals surface area contributed by atoms with Crippen molar-refractivity contribution < 1.29 is 0 Å². The summed E-state index contributed by atoms with van der Waals surface area (Å²) in [7, 11) is 2.26. The van der Waals surface area contributed by atoms with E-state index >= 15 is 0 Å². The molecule has 0 saturated heterocycles. The lowest BCUT2D eigenvalue weighted by atomic mass is 9.84. The molecule has 0 spiro atoms. The molecule has 1 heterocycles. The highest BCUT2D eigenvalue weighted by atomic mass is 79.9. The Morgan fingerprint density at radius 1 is 1.42 bits per heavy atom. The van der Waals surface area contributed by atoms with Gasteiger partial charge in [-0.3, -0.25) is 4.90 Å². The van der Waals surface area contributed by atoms with Crippen LogP contribution in [0.25, 0.3) is 0 Å². The number of halogens is 1. The van der Waals surface area contributed by atoms with E-state index in [1.165, 1.54) is 35.0 Å². The highest BCUT2D eigenvalue weighted by Crippen LogP contribution is 2.36. The van der Waals surface area contributed by atoms with Crippen LogP contribution in [-0.2, 0) is 0 Å². The number of nitrogens with two attached hydrogens (primary N) is 1. The van der Waals surface area contributed by atoms with Crippen LogP contribution in [0.3, 0.4) is 0 Å². The standard InChI is InChI=1S/C15H25BrN2S/c1-10-6-4-5-7-13(10)18(3)15(11(2)17)14-8-12(16)9-19-14/h8-11,13,15H,4-7,17H2,1-3H3. The van der Waals surface area contributed by atoms with Crippen molar-refractivity contribution in [1.82, 2.24) is 4.90 Å². The molecule has 1 aromatic heterocycles. The second-order valence-electron chi connectivity index (χ2n) is 5.97. The smallest absolute Gasteiger partial charge is 0.0591 e. The second kappa shape index (κ2) is 6.70. The van der Waals surface area contributed by atoms with Gasteiger partial charge in [-0.2, -0.15) is 0 Å². The van der Waals surface area contributed by atoms with Crippen molar-refractivity contribution in [1.29, 1.82) is 0 Å². The molecular formula is C15H25BrN2S. The van der Waals surface area contributed by atoms with Crippen molar-refractivity contribution in [3.63, 3.8) is 0 Å². The molecule has 1 aliphatic rings. The molecule has 2 N–H and O–H groups in total. The summed E-state index contributed by atoms with van der Waals surface area (Å²) in [6.45, 7) is 4.52. The van der Waals surface area contributed by atoms with E-state index in [-0.39, 0.29) is 6.04 Å². The molecule has 4 atom stereocenters. The lowest BCUT2D eigenvalue weighted by Crippen LogP contribution is -2.46. The third-order valence-electron chi connectivity index (χ3n) is 4.41. The van der Waals surface area contributed by atoms with Crippen LogP contribution in [0.1, 0.15) is 50.4 Å². The summed E-state index contributed by atoms with van der Waals surface area (Å²) < 4.78 is 1.17. The Labute approximate surface area is 129 Å².